The second kappa shape index (κ2) is 6.24. The van der Waals surface area contributed by atoms with Crippen LogP contribution in [0.5, 0.6) is 0 Å². The van der Waals surface area contributed by atoms with Crippen LogP contribution in [0.15, 0.2) is 0 Å². The van der Waals surface area contributed by atoms with E-state index in [9.17, 15) is 14.7 Å². The Balaban J connectivity index is 2.86. The Labute approximate surface area is 128 Å². The van der Waals surface area contributed by atoms with Crippen molar-refractivity contribution in [1.29, 1.82) is 0 Å². The SMILES string of the molecule is CCC1(C(=O)O)CCCN(C(=O)N(C)C(C)C(C)(C)C)C1. The van der Waals surface area contributed by atoms with Gasteiger partial charge >= 0.3 is 12.0 Å². The number of hydrogen-bond donors (Lipinski definition) is 1. The van der Waals surface area contributed by atoms with Crippen molar-refractivity contribution in [3.63, 3.8) is 0 Å². The Bertz CT molecular complexity index is 403. The molecule has 1 aliphatic heterocycles. The molecule has 1 heterocycles. The van der Waals surface area contributed by atoms with Crippen LogP contribution in [-0.4, -0.2) is 53.1 Å². The summed E-state index contributed by atoms with van der Waals surface area (Å²) in [7, 11) is 1.81. The van der Waals surface area contributed by atoms with E-state index in [2.05, 4.69) is 20.8 Å². The number of aliphatic carboxylic acids is 1. The average molecular weight is 298 g/mol. The van der Waals surface area contributed by atoms with Crippen molar-refractivity contribution in [2.45, 2.75) is 59.9 Å². The molecule has 0 radical (unpaired) electrons. The van der Waals surface area contributed by atoms with Crippen molar-refractivity contribution in [2.75, 3.05) is 20.1 Å². The number of carboxylic acids is 1. The van der Waals surface area contributed by atoms with Crippen molar-refractivity contribution in [1.82, 2.24) is 9.80 Å². The second-order valence-corrected chi connectivity index (χ2v) is 7.40. The molecular weight excluding hydrogens is 268 g/mol. The van der Waals surface area contributed by atoms with Gasteiger partial charge in [0.1, 0.15) is 0 Å². The van der Waals surface area contributed by atoms with Crippen LogP contribution in [0, 0.1) is 10.8 Å². The third-order valence-corrected chi connectivity index (χ3v) is 5.11. The number of urea groups is 1. The van der Waals surface area contributed by atoms with Crippen LogP contribution in [0.25, 0.3) is 0 Å². The van der Waals surface area contributed by atoms with Crippen LogP contribution in [0.4, 0.5) is 4.79 Å². The molecule has 0 aromatic rings. The van der Waals surface area contributed by atoms with E-state index < -0.39 is 11.4 Å². The van der Waals surface area contributed by atoms with Crippen LogP contribution < -0.4 is 0 Å². The zero-order chi connectivity index (χ0) is 16.4. The third-order valence-electron chi connectivity index (χ3n) is 5.11. The van der Waals surface area contributed by atoms with Crippen molar-refractivity contribution < 1.29 is 14.7 Å². The van der Waals surface area contributed by atoms with Crippen molar-refractivity contribution >= 4 is 12.0 Å². The summed E-state index contributed by atoms with van der Waals surface area (Å²) in [4.78, 5) is 27.7. The van der Waals surface area contributed by atoms with Crippen molar-refractivity contribution in [3.05, 3.63) is 0 Å². The molecule has 2 amide bonds. The first kappa shape index (κ1) is 17.8. The van der Waals surface area contributed by atoms with Gasteiger partial charge in [0.2, 0.25) is 0 Å². The molecule has 1 fully saturated rings. The summed E-state index contributed by atoms with van der Waals surface area (Å²) in [5.41, 5.74) is -0.783. The summed E-state index contributed by atoms with van der Waals surface area (Å²) >= 11 is 0. The highest BCUT2D eigenvalue weighted by atomic mass is 16.4. The second-order valence-electron chi connectivity index (χ2n) is 7.40. The van der Waals surface area contributed by atoms with E-state index in [0.717, 1.165) is 6.42 Å². The maximum Gasteiger partial charge on any atom is 0.320 e. The highest BCUT2D eigenvalue weighted by Crippen LogP contribution is 2.34. The minimum absolute atomic E-state index is 0.00512. The molecule has 0 spiro atoms. The monoisotopic (exact) mass is 298 g/mol. The number of piperidine rings is 1. The Morgan fingerprint density at radius 2 is 1.95 bits per heavy atom. The fourth-order valence-corrected chi connectivity index (χ4v) is 2.88. The van der Waals surface area contributed by atoms with Gasteiger partial charge in [-0.15, -0.1) is 0 Å². The molecule has 1 saturated heterocycles. The number of nitrogens with zero attached hydrogens (tertiary/aromatic N) is 2. The van der Waals surface area contributed by atoms with Crippen LogP contribution in [0.1, 0.15) is 53.9 Å². The maximum atomic E-state index is 12.7. The Kier molecular flexibility index (Phi) is 5.29. The molecule has 5 nitrogen and oxygen atoms in total. The fourth-order valence-electron chi connectivity index (χ4n) is 2.88. The predicted molar refractivity (Wildman–Crippen MR) is 83.2 cm³/mol. The molecular formula is C16H30N2O3. The van der Waals surface area contributed by atoms with Gasteiger partial charge in [0.05, 0.1) is 5.41 Å². The summed E-state index contributed by atoms with van der Waals surface area (Å²) in [5, 5.41) is 9.51. The van der Waals surface area contributed by atoms with Gasteiger partial charge in [-0.2, -0.15) is 0 Å². The smallest absolute Gasteiger partial charge is 0.320 e. The predicted octanol–water partition coefficient (Wildman–Crippen LogP) is 3.05. The number of amides is 2. The Morgan fingerprint density at radius 1 is 1.38 bits per heavy atom. The molecule has 5 heteroatoms. The number of carbonyl (C=O) groups is 2. The van der Waals surface area contributed by atoms with Gasteiger partial charge in [0, 0.05) is 26.2 Å². The zero-order valence-electron chi connectivity index (χ0n) is 14.3. The van der Waals surface area contributed by atoms with Gasteiger partial charge in [-0.05, 0) is 31.6 Å². The van der Waals surface area contributed by atoms with E-state index in [0.29, 0.717) is 25.9 Å². The van der Waals surface area contributed by atoms with E-state index in [-0.39, 0.29) is 17.5 Å². The number of carbonyl (C=O) groups excluding carboxylic acids is 1. The van der Waals surface area contributed by atoms with E-state index in [4.69, 9.17) is 0 Å². The lowest BCUT2D eigenvalue weighted by atomic mass is 9.77. The normalized spacial score (nSPS) is 24.6. The number of carboxylic acid groups (broad SMARTS) is 1. The van der Waals surface area contributed by atoms with E-state index >= 15 is 0 Å². The highest BCUT2D eigenvalue weighted by molar-refractivity contribution is 5.79. The lowest BCUT2D eigenvalue weighted by Crippen LogP contribution is -2.55. The lowest BCUT2D eigenvalue weighted by Gasteiger charge is -2.43. The lowest BCUT2D eigenvalue weighted by molar-refractivity contribution is -0.152. The van der Waals surface area contributed by atoms with Crippen molar-refractivity contribution in [3.8, 4) is 0 Å². The fraction of sp³-hybridized carbons (Fsp3) is 0.875. The van der Waals surface area contributed by atoms with Gasteiger partial charge in [-0.3, -0.25) is 4.79 Å². The van der Waals surface area contributed by atoms with Crippen LogP contribution in [-0.2, 0) is 4.79 Å². The van der Waals surface area contributed by atoms with Crippen LogP contribution >= 0.6 is 0 Å². The Morgan fingerprint density at radius 3 is 2.38 bits per heavy atom. The Hall–Kier alpha value is -1.26. The molecule has 2 unspecified atom stereocenters. The van der Waals surface area contributed by atoms with Crippen molar-refractivity contribution in [2.24, 2.45) is 10.8 Å². The zero-order valence-corrected chi connectivity index (χ0v) is 14.3. The molecule has 0 aromatic heterocycles. The standard InChI is InChI=1S/C16H30N2O3/c1-7-16(13(19)20)9-8-10-18(11-16)14(21)17(6)12(2)15(3,4)5/h12H,7-11H2,1-6H3,(H,19,20). The number of rotatable bonds is 3. The minimum atomic E-state index is -0.783. The molecule has 1 rings (SSSR count). The summed E-state index contributed by atoms with van der Waals surface area (Å²) in [5.74, 6) is -0.783. The first-order valence-electron chi connectivity index (χ1n) is 7.80. The number of likely N-dealkylation sites (tertiary alicyclic amines) is 1. The molecule has 2 atom stereocenters. The molecule has 0 saturated carbocycles. The van der Waals surface area contributed by atoms with Gasteiger partial charge in [0.25, 0.3) is 0 Å². The molecule has 0 aromatic carbocycles. The first-order valence-corrected chi connectivity index (χ1v) is 7.80. The topological polar surface area (TPSA) is 60.9 Å². The van der Waals surface area contributed by atoms with Gasteiger partial charge in [-0.1, -0.05) is 27.7 Å². The van der Waals surface area contributed by atoms with E-state index in [1.165, 1.54) is 0 Å². The third kappa shape index (κ3) is 3.69. The average Bonchev–Trinajstić information content (AvgIpc) is 2.43. The molecule has 1 aliphatic rings. The summed E-state index contributed by atoms with van der Waals surface area (Å²) < 4.78 is 0. The van der Waals surface area contributed by atoms with E-state index in [1.807, 2.05) is 13.8 Å². The summed E-state index contributed by atoms with van der Waals surface area (Å²) in [6, 6.07) is 0.0315. The molecule has 21 heavy (non-hydrogen) atoms. The van der Waals surface area contributed by atoms with Gasteiger partial charge in [0.15, 0.2) is 0 Å². The summed E-state index contributed by atoms with van der Waals surface area (Å²) in [6.07, 6.45) is 1.97. The molecule has 122 valence electrons. The van der Waals surface area contributed by atoms with E-state index in [1.54, 1.807) is 16.8 Å². The molecule has 1 N–H and O–H groups in total. The van der Waals surface area contributed by atoms with Crippen LogP contribution in [0.3, 0.4) is 0 Å². The molecule has 0 bridgehead atoms. The molecule has 0 aliphatic carbocycles. The van der Waals surface area contributed by atoms with Gasteiger partial charge < -0.3 is 14.9 Å². The maximum absolute atomic E-state index is 12.7. The quantitative estimate of drug-likeness (QED) is 0.871. The number of hydrogen-bond acceptors (Lipinski definition) is 2. The van der Waals surface area contributed by atoms with Gasteiger partial charge in [-0.25, -0.2) is 4.79 Å². The van der Waals surface area contributed by atoms with Crippen LogP contribution in [0.2, 0.25) is 0 Å². The largest absolute Gasteiger partial charge is 0.481 e. The first-order chi connectivity index (χ1) is 9.55. The highest BCUT2D eigenvalue weighted by Gasteiger charge is 2.43. The minimum Gasteiger partial charge on any atom is -0.481 e. The summed E-state index contributed by atoms with van der Waals surface area (Å²) in [6.45, 7) is 11.2.